The lowest BCUT2D eigenvalue weighted by molar-refractivity contribution is 0.0953. The largest absolute Gasteiger partial charge is 0.351 e. The Hall–Kier alpha value is -1.78. The minimum absolute atomic E-state index is 0. The van der Waals surface area contributed by atoms with Crippen LogP contribution in [0.4, 0.5) is 0 Å². The summed E-state index contributed by atoms with van der Waals surface area (Å²) in [5.74, 6) is -0.00476. The van der Waals surface area contributed by atoms with Gasteiger partial charge in [-0.25, -0.2) is 0 Å². The smallest absolute Gasteiger partial charge is 0.253 e. The first kappa shape index (κ1) is 19.3. The number of aromatic nitrogens is 1. The van der Waals surface area contributed by atoms with E-state index < -0.39 is 0 Å². The Labute approximate surface area is 144 Å². The highest BCUT2D eigenvalue weighted by atomic mass is 35.5. The van der Waals surface area contributed by atoms with Crippen LogP contribution in [0.2, 0.25) is 0 Å². The second-order valence-electron chi connectivity index (χ2n) is 5.60. The molecule has 1 atom stereocenters. The maximum atomic E-state index is 12.3. The van der Waals surface area contributed by atoms with E-state index in [1.54, 1.807) is 0 Å². The Kier molecular flexibility index (Phi) is 7.33. The van der Waals surface area contributed by atoms with Gasteiger partial charge < -0.3 is 15.2 Å². The molecule has 0 fully saturated rings. The fraction of sp³-hybridized carbons (Fsp3) is 0.389. The van der Waals surface area contributed by atoms with Crippen LogP contribution in [-0.4, -0.2) is 30.6 Å². The summed E-state index contributed by atoms with van der Waals surface area (Å²) in [5.41, 5.74) is 4.12. The highest BCUT2D eigenvalue weighted by molar-refractivity contribution is 5.95. The van der Waals surface area contributed by atoms with E-state index >= 15 is 0 Å². The third kappa shape index (κ3) is 4.36. The summed E-state index contributed by atoms with van der Waals surface area (Å²) >= 11 is 0. The number of nitrogens with one attached hydrogen (secondary N) is 2. The van der Waals surface area contributed by atoms with E-state index in [0.717, 1.165) is 23.5 Å². The predicted octanol–water partition coefficient (Wildman–Crippen LogP) is 3.09. The first-order valence-electron chi connectivity index (χ1n) is 7.72. The van der Waals surface area contributed by atoms with Gasteiger partial charge in [-0.2, -0.15) is 0 Å². The Morgan fingerprint density at radius 2 is 1.83 bits per heavy atom. The molecule has 2 N–H and O–H groups in total. The van der Waals surface area contributed by atoms with Crippen molar-refractivity contribution in [2.45, 2.75) is 26.8 Å². The number of amides is 1. The minimum atomic E-state index is -0.00476. The van der Waals surface area contributed by atoms with Gasteiger partial charge in [0.15, 0.2) is 0 Å². The van der Waals surface area contributed by atoms with Crippen molar-refractivity contribution in [3.8, 4) is 0 Å². The molecular weight excluding hydrogens is 310 g/mol. The molecule has 5 heteroatoms. The van der Waals surface area contributed by atoms with Gasteiger partial charge in [0.05, 0.1) is 11.6 Å². The molecule has 126 valence electrons. The monoisotopic (exact) mass is 335 g/mol. The molecule has 0 radical (unpaired) electrons. The Bertz CT molecular complexity index is 637. The number of aryl methyl sites for hydroxylation is 1. The second kappa shape index (κ2) is 8.75. The van der Waals surface area contributed by atoms with Gasteiger partial charge in [-0.05, 0) is 39.4 Å². The molecule has 0 saturated carbocycles. The van der Waals surface area contributed by atoms with Gasteiger partial charge in [0.25, 0.3) is 5.91 Å². The molecule has 0 saturated heterocycles. The summed E-state index contributed by atoms with van der Waals surface area (Å²) in [5, 5.41) is 5.97. The fourth-order valence-electron chi connectivity index (χ4n) is 2.88. The fourth-order valence-corrected chi connectivity index (χ4v) is 2.88. The predicted molar refractivity (Wildman–Crippen MR) is 97.7 cm³/mol. The standard InChI is InChI=1S/C18H25N3O.ClH/c1-13-12-17(18(22)20-11-10-19-4)15(3)21(13)14(2)16-8-6-5-7-9-16;/h5-9,12,14,19H,10-11H2,1-4H3,(H,20,22);1H. The third-order valence-corrected chi connectivity index (χ3v) is 4.06. The SMILES string of the molecule is CNCCNC(=O)c1cc(C)n(C(C)c2ccccc2)c1C.Cl. The molecule has 2 rings (SSSR count). The summed E-state index contributed by atoms with van der Waals surface area (Å²) in [7, 11) is 1.87. The van der Waals surface area contributed by atoms with E-state index in [4.69, 9.17) is 0 Å². The minimum Gasteiger partial charge on any atom is -0.351 e. The van der Waals surface area contributed by atoms with Crippen LogP contribution in [0.15, 0.2) is 36.4 Å². The molecule has 1 amide bonds. The number of carbonyl (C=O) groups excluding carboxylic acids is 1. The zero-order valence-corrected chi connectivity index (χ0v) is 15.0. The van der Waals surface area contributed by atoms with Gasteiger partial charge >= 0.3 is 0 Å². The second-order valence-corrected chi connectivity index (χ2v) is 5.60. The van der Waals surface area contributed by atoms with E-state index in [2.05, 4.69) is 41.2 Å². The van der Waals surface area contributed by atoms with Crippen molar-refractivity contribution in [1.29, 1.82) is 0 Å². The lowest BCUT2D eigenvalue weighted by atomic mass is 10.1. The van der Waals surface area contributed by atoms with Gasteiger partial charge in [0.1, 0.15) is 0 Å². The molecule has 4 nitrogen and oxygen atoms in total. The number of hydrogen-bond acceptors (Lipinski definition) is 2. The third-order valence-electron chi connectivity index (χ3n) is 4.06. The highest BCUT2D eigenvalue weighted by Crippen LogP contribution is 2.25. The first-order valence-corrected chi connectivity index (χ1v) is 7.72. The quantitative estimate of drug-likeness (QED) is 0.797. The van der Waals surface area contributed by atoms with Crippen molar-refractivity contribution in [1.82, 2.24) is 15.2 Å². The molecule has 0 aliphatic heterocycles. The van der Waals surface area contributed by atoms with E-state index in [1.807, 2.05) is 38.2 Å². The Morgan fingerprint density at radius 3 is 2.43 bits per heavy atom. The maximum Gasteiger partial charge on any atom is 0.253 e. The van der Waals surface area contributed by atoms with E-state index in [-0.39, 0.29) is 24.4 Å². The topological polar surface area (TPSA) is 46.1 Å². The summed E-state index contributed by atoms with van der Waals surface area (Å²) in [6, 6.07) is 12.5. The van der Waals surface area contributed by atoms with Crippen molar-refractivity contribution >= 4 is 18.3 Å². The van der Waals surface area contributed by atoms with Crippen LogP contribution in [0.1, 0.15) is 40.3 Å². The Balaban J connectivity index is 0.00000264. The molecule has 1 aromatic carbocycles. The molecule has 1 unspecified atom stereocenters. The average molecular weight is 336 g/mol. The summed E-state index contributed by atoms with van der Waals surface area (Å²) in [6.07, 6.45) is 0. The van der Waals surface area contributed by atoms with Crippen LogP contribution in [0.5, 0.6) is 0 Å². The van der Waals surface area contributed by atoms with Crippen molar-refractivity contribution in [2.75, 3.05) is 20.1 Å². The lowest BCUT2D eigenvalue weighted by Crippen LogP contribution is -2.30. The highest BCUT2D eigenvalue weighted by Gasteiger charge is 2.19. The molecule has 1 aromatic heterocycles. The van der Waals surface area contributed by atoms with Crippen molar-refractivity contribution < 1.29 is 4.79 Å². The molecule has 1 heterocycles. The number of nitrogens with zero attached hydrogens (tertiary/aromatic N) is 1. The number of benzene rings is 1. The van der Waals surface area contributed by atoms with E-state index in [9.17, 15) is 4.79 Å². The first-order chi connectivity index (χ1) is 10.6. The van der Waals surface area contributed by atoms with Crippen LogP contribution < -0.4 is 10.6 Å². The number of halogens is 1. The van der Waals surface area contributed by atoms with Crippen LogP contribution in [-0.2, 0) is 0 Å². The molecule has 0 aliphatic carbocycles. The molecule has 0 aliphatic rings. The zero-order chi connectivity index (χ0) is 16.1. The summed E-state index contributed by atoms with van der Waals surface area (Å²) in [4.78, 5) is 12.3. The number of carbonyl (C=O) groups is 1. The van der Waals surface area contributed by atoms with Gasteiger partial charge in [-0.15, -0.1) is 12.4 Å². The van der Waals surface area contributed by atoms with E-state index in [0.29, 0.717) is 6.54 Å². The molecule has 0 spiro atoms. The van der Waals surface area contributed by atoms with E-state index in [1.165, 1.54) is 5.56 Å². The molecular formula is C18H26ClN3O. The lowest BCUT2D eigenvalue weighted by Gasteiger charge is -2.19. The molecule has 23 heavy (non-hydrogen) atoms. The zero-order valence-electron chi connectivity index (χ0n) is 14.2. The maximum absolute atomic E-state index is 12.3. The van der Waals surface area contributed by atoms with Crippen LogP contribution in [0.3, 0.4) is 0 Å². The molecule has 0 bridgehead atoms. The van der Waals surface area contributed by atoms with Gasteiger partial charge in [-0.1, -0.05) is 30.3 Å². The van der Waals surface area contributed by atoms with Gasteiger partial charge in [0.2, 0.25) is 0 Å². The van der Waals surface area contributed by atoms with Crippen LogP contribution >= 0.6 is 12.4 Å². The normalized spacial score (nSPS) is 11.7. The van der Waals surface area contributed by atoms with Crippen LogP contribution in [0.25, 0.3) is 0 Å². The van der Waals surface area contributed by atoms with Crippen molar-refractivity contribution in [3.63, 3.8) is 0 Å². The molecule has 2 aromatic rings. The average Bonchev–Trinajstić information content (AvgIpc) is 2.82. The van der Waals surface area contributed by atoms with Crippen molar-refractivity contribution in [3.05, 3.63) is 58.9 Å². The number of hydrogen-bond donors (Lipinski definition) is 2. The van der Waals surface area contributed by atoms with Gasteiger partial charge in [0, 0.05) is 24.5 Å². The number of rotatable bonds is 6. The number of likely N-dealkylation sites (N-methyl/N-ethyl adjacent to an activating group) is 1. The van der Waals surface area contributed by atoms with Crippen LogP contribution in [0, 0.1) is 13.8 Å². The summed E-state index contributed by atoms with van der Waals surface area (Å²) in [6.45, 7) is 7.63. The van der Waals surface area contributed by atoms with Gasteiger partial charge in [-0.3, -0.25) is 4.79 Å². The summed E-state index contributed by atoms with van der Waals surface area (Å²) < 4.78 is 2.22. The Morgan fingerprint density at radius 1 is 1.17 bits per heavy atom. The van der Waals surface area contributed by atoms with Crippen molar-refractivity contribution in [2.24, 2.45) is 0 Å².